The molecule has 1 aliphatic rings. The Morgan fingerprint density at radius 1 is 1.31 bits per heavy atom. The summed E-state index contributed by atoms with van der Waals surface area (Å²) in [5.74, 6) is 0.133. The van der Waals surface area contributed by atoms with Gasteiger partial charge in [-0.05, 0) is 38.3 Å². The Morgan fingerprint density at radius 3 is 2.31 bits per heavy atom. The van der Waals surface area contributed by atoms with Crippen LogP contribution in [0.1, 0.15) is 40.5 Å². The van der Waals surface area contributed by atoms with Crippen molar-refractivity contribution in [1.82, 2.24) is 4.90 Å². The molecule has 16 heavy (non-hydrogen) atoms. The normalized spacial score (nSPS) is 19.8. The van der Waals surface area contributed by atoms with Crippen LogP contribution in [-0.4, -0.2) is 37.1 Å². The average Bonchev–Trinajstić information content (AvgIpc) is 2.16. The van der Waals surface area contributed by atoms with E-state index in [0.717, 1.165) is 32.5 Å². The van der Waals surface area contributed by atoms with Gasteiger partial charge >= 0.3 is 5.97 Å². The van der Waals surface area contributed by atoms with Crippen LogP contribution < -0.4 is 0 Å². The Kier molecular flexibility index (Phi) is 4.78. The van der Waals surface area contributed by atoms with Gasteiger partial charge in [-0.25, -0.2) is 0 Å². The van der Waals surface area contributed by atoms with Crippen molar-refractivity contribution in [1.29, 1.82) is 0 Å². The predicted molar refractivity (Wildman–Crippen MR) is 65.3 cm³/mol. The number of rotatable bonds is 3. The molecule has 0 bridgehead atoms. The zero-order valence-corrected chi connectivity index (χ0v) is 11.1. The molecule has 0 aromatic heterocycles. The van der Waals surface area contributed by atoms with Gasteiger partial charge in [0.1, 0.15) is 0 Å². The van der Waals surface area contributed by atoms with E-state index in [1.165, 1.54) is 0 Å². The van der Waals surface area contributed by atoms with Gasteiger partial charge in [0.25, 0.3) is 0 Å². The predicted octanol–water partition coefficient (Wildman–Crippen LogP) is 2.31. The van der Waals surface area contributed by atoms with Gasteiger partial charge in [0.15, 0.2) is 0 Å². The molecule has 0 N–H and O–H groups in total. The highest BCUT2D eigenvalue weighted by Gasteiger charge is 2.27. The van der Waals surface area contributed by atoms with Crippen molar-refractivity contribution in [2.75, 3.05) is 26.2 Å². The standard InChI is InChI=1S/C13H25NO2/c1-5-16-12(15)11-6-8-14(9-7-11)10-13(2,3)4/h11H,5-10H2,1-4H3. The molecular formula is C13H25NO2. The Hall–Kier alpha value is -0.570. The average molecular weight is 227 g/mol. The summed E-state index contributed by atoms with van der Waals surface area (Å²) in [6.07, 6.45) is 1.91. The first-order valence-electron chi connectivity index (χ1n) is 6.31. The van der Waals surface area contributed by atoms with Gasteiger partial charge in [-0.3, -0.25) is 4.79 Å². The second-order valence-electron chi connectivity index (χ2n) is 5.86. The van der Waals surface area contributed by atoms with Crippen molar-refractivity contribution in [3.63, 3.8) is 0 Å². The molecule has 0 aromatic rings. The Morgan fingerprint density at radius 2 is 1.88 bits per heavy atom. The molecule has 3 nitrogen and oxygen atoms in total. The minimum Gasteiger partial charge on any atom is -0.466 e. The topological polar surface area (TPSA) is 29.5 Å². The molecule has 0 unspecified atom stereocenters. The van der Waals surface area contributed by atoms with E-state index in [-0.39, 0.29) is 11.9 Å². The van der Waals surface area contributed by atoms with E-state index in [2.05, 4.69) is 25.7 Å². The quantitative estimate of drug-likeness (QED) is 0.693. The molecule has 3 heteroatoms. The summed E-state index contributed by atoms with van der Waals surface area (Å²) >= 11 is 0. The van der Waals surface area contributed by atoms with Gasteiger partial charge in [0.05, 0.1) is 12.5 Å². The Balaban J connectivity index is 2.31. The molecule has 1 rings (SSSR count). The van der Waals surface area contributed by atoms with Crippen LogP contribution in [0.4, 0.5) is 0 Å². The lowest BCUT2D eigenvalue weighted by atomic mass is 9.92. The summed E-state index contributed by atoms with van der Waals surface area (Å²) in [4.78, 5) is 14.0. The summed E-state index contributed by atoms with van der Waals surface area (Å²) < 4.78 is 5.06. The number of carbonyl (C=O) groups excluding carboxylic acids is 1. The van der Waals surface area contributed by atoms with E-state index >= 15 is 0 Å². The third-order valence-electron chi connectivity index (χ3n) is 2.91. The second kappa shape index (κ2) is 5.67. The van der Waals surface area contributed by atoms with Gasteiger partial charge < -0.3 is 9.64 Å². The van der Waals surface area contributed by atoms with Crippen LogP contribution in [0.5, 0.6) is 0 Å². The summed E-state index contributed by atoms with van der Waals surface area (Å²) in [5, 5.41) is 0. The Bertz CT molecular complexity index is 225. The fourth-order valence-electron chi connectivity index (χ4n) is 2.26. The van der Waals surface area contributed by atoms with Crippen LogP contribution >= 0.6 is 0 Å². The van der Waals surface area contributed by atoms with E-state index in [0.29, 0.717) is 12.0 Å². The third kappa shape index (κ3) is 4.52. The fraction of sp³-hybridized carbons (Fsp3) is 0.923. The number of esters is 1. The number of piperidine rings is 1. The minimum atomic E-state index is -0.00194. The molecule has 1 fully saturated rings. The van der Waals surface area contributed by atoms with E-state index in [4.69, 9.17) is 4.74 Å². The molecule has 0 radical (unpaired) electrons. The Labute approximate surface area is 99.1 Å². The minimum absolute atomic E-state index is 0.00194. The van der Waals surface area contributed by atoms with Crippen molar-refractivity contribution in [2.45, 2.75) is 40.5 Å². The number of nitrogens with zero attached hydrogens (tertiary/aromatic N) is 1. The summed E-state index contributed by atoms with van der Waals surface area (Å²) in [7, 11) is 0. The van der Waals surface area contributed by atoms with Crippen molar-refractivity contribution in [3.05, 3.63) is 0 Å². The van der Waals surface area contributed by atoms with Crippen LogP contribution in [0.2, 0.25) is 0 Å². The fourth-order valence-corrected chi connectivity index (χ4v) is 2.26. The molecule has 0 amide bonds. The first kappa shape index (κ1) is 13.5. The maximum atomic E-state index is 11.5. The van der Waals surface area contributed by atoms with Crippen LogP contribution in [0.25, 0.3) is 0 Å². The number of likely N-dealkylation sites (tertiary alicyclic amines) is 1. The molecule has 1 saturated heterocycles. The SMILES string of the molecule is CCOC(=O)C1CCN(CC(C)(C)C)CC1. The molecular weight excluding hydrogens is 202 g/mol. The maximum absolute atomic E-state index is 11.5. The van der Waals surface area contributed by atoms with Crippen LogP contribution in [-0.2, 0) is 9.53 Å². The number of hydrogen-bond acceptors (Lipinski definition) is 3. The van der Waals surface area contributed by atoms with Gasteiger partial charge in [-0.15, -0.1) is 0 Å². The molecule has 1 aliphatic heterocycles. The first-order valence-corrected chi connectivity index (χ1v) is 6.31. The summed E-state index contributed by atoms with van der Waals surface area (Å²) in [5.41, 5.74) is 0.344. The molecule has 94 valence electrons. The van der Waals surface area contributed by atoms with Gasteiger partial charge in [-0.2, -0.15) is 0 Å². The molecule has 0 spiro atoms. The van der Waals surface area contributed by atoms with Gasteiger partial charge in [-0.1, -0.05) is 20.8 Å². The van der Waals surface area contributed by atoms with Crippen LogP contribution in [0.3, 0.4) is 0 Å². The highest BCUT2D eigenvalue weighted by Crippen LogP contribution is 2.22. The highest BCUT2D eigenvalue weighted by molar-refractivity contribution is 5.72. The number of ether oxygens (including phenoxy) is 1. The number of carbonyl (C=O) groups is 1. The lowest BCUT2D eigenvalue weighted by Gasteiger charge is -2.35. The van der Waals surface area contributed by atoms with E-state index in [9.17, 15) is 4.79 Å². The maximum Gasteiger partial charge on any atom is 0.309 e. The molecule has 0 aliphatic carbocycles. The zero-order chi connectivity index (χ0) is 12.2. The highest BCUT2D eigenvalue weighted by atomic mass is 16.5. The van der Waals surface area contributed by atoms with Crippen molar-refractivity contribution < 1.29 is 9.53 Å². The van der Waals surface area contributed by atoms with Gasteiger partial charge in [0.2, 0.25) is 0 Å². The van der Waals surface area contributed by atoms with Crippen molar-refractivity contribution in [2.24, 2.45) is 11.3 Å². The van der Waals surface area contributed by atoms with Crippen LogP contribution in [0, 0.1) is 11.3 Å². The van der Waals surface area contributed by atoms with Crippen LogP contribution in [0.15, 0.2) is 0 Å². The zero-order valence-electron chi connectivity index (χ0n) is 11.1. The summed E-state index contributed by atoms with van der Waals surface area (Å²) in [6.45, 7) is 12.3. The molecule has 0 saturated carbocycles. The first-order chi connectivity index (χ1) is 7.42. The monoisotopic (exact) mass is 227 g/mol. The van der Waals surface area contributed by atoms with E-state index < -0.39 is 0 Å². The molecule has 1 heterocycles. The van der Waals surface area contributed by atoms with Crippen molar-refractivity contribution >= 4 is 5.97 Å². The molecule has 0 aromatic carbocycles. The lowest BCUT2D eigenvalue weighted by molar-refractivity contribution is -0.149. The van der Waals surface area contributed by atoms with Gasteiger partial charge in [0, 0.05) is 6.54 Å². The second-order valence-corrected chi connectivity index (χ2v) is 5.86. The van der Waals surface area contributed by atoms with Crippen molar-refractivity contribution in [3.8, 4) is 0 Å². The smallest absolute Gasteiger partial charge is 0.309 e. The van der Waals surface area contributed by atoms with E-state index in [1.54, 1.807) is 0 Å². The number of hydrogen-bond donors (Lipinski definition) is 0. The largest absolute Gasteiger partial charge is 0.466 e. The summed E-state index contributed by atoms with van der Waals surface area (Å²) in [6, 6.07) is 0. The van der Waals surface area contributed by atoms with E-state index in [1.807, 2.05) is 6.92 Å². The lowest BCUT2D eigenvalue weighted by Crippen LogP contribution is -2.41. The molecule has 0 atom stereocenters. The third-order valence-corrected chi connectivity index (χ3v) is 2.91.